The quantitative estimate of drug-likeness (QED) is 0.767. The fourth-order valence-electron chi connectivity index (χ4n) is 4.21. The fourth-order valence-corrected chi connectivity index (χ4v) is 4.21. The summed E-state index contributed by atoms with van der Waals surface area (Å²) >= 11 is 0. The molecule has 1 aromatic carbocycles. The van der Waals surface area contributed by atoms with Crippen molar-refractivity contribution >= 4 is 11.8 Å². The van der Waals surface area contributed by atoms with E-state index in [0.29, 0.717) is 32.4 Å². The van der Waals surface area contributed by atoms with Crippen molar-refractivity contribution in [1.29, 1.82) is 0 Å². The summed E-state index contributed by atoms with van der Waals surface area (Å²) in [6.07, 6.45) is 4.52. The number of benzene rings is 1. The van der Waals surface area contributed by atoms with Crippen molar-refractivity contribution in [2.75, 3.05) is 39.9 Å². The SMILES string of the molecule is COCCN1CC2(CCC1=O)CCN(C(=O)CCc1ccc(F)cc1)CC2. The first-order chi connectivity index (χ1) is 13.0. The molecule has 2 amide bonds. The van der Waals surface area contributed by atoms with E-state index in [2.05, 4.69) is 0 Å². The highest BCUT2D eigenvalue weighted by atomic mass is 19.1. The van der Waals surface area contributed by atoms with Crippen molar-refractivity contribution in [2.45, 2.75) is 38.5 Å². The molecule has 2 saturated heterocycles. The monoisotopic (exact) mass is 376 g/mol. The third-order valence-electron chi connectivity index (χ3n) is 6.03. The minimum absolute atomic E-state index is 0.148. The van der Waals surface area contributed by atoms with E-state index in [4.69, 9.17) is 4.74 Å². The number of aryl methyl sites for hydroxylation is 1. The average Bonchev–Trinajstić information content (AvgIpc) is 2.69. The number of carbonyl (C=O) groups excluding carboxylic acids is 2. The summed E-state index contributed by atoms with van der Waals surface area (Å²) in [5.41, 5.74) is 1.13. The third-order valence-corrected chi connectivity index (χ3v) is 6.03. The first-order valence-electron chi connectivity index (χ1n) is 9.80. The van der Waals surface area contributed by atoms with Crippen LogP contribution in [0.15, 0.2) is 24.3 Å². The molecule has 5 nitrogen and oxygen atoms in total. The molecule has 0 atom stereocenters. The van der Waals surface area contributed by atoms with Crippen LogP contribution in [0.25, 0.3) is 0 Å². The number of hydrogen-bond acceptors (Lipinski definition) is 3. The number of carbonyl (C=O) groups is 2. The Morgan fingerprint density at radius 3 is 2.56 bits per heavy atom. The minimum Gasteiger partial charge on any atom is -0.383 e. The van der Waals surface area contributed by atoms with Crippen LogP contribution >= 0.6 is 0 Å². The smallest absolute Gasteiger partial charge is 0.222 e. The van der Waals surface area contributed by atoms with E-state index in [1.807, 2.05) is 9.80 Å². The maximum atomic E-state index is 13.0. The van der Waals surface area contributed by atoms with E-state index in [1.54, 1.807) is 19.2 Å². The number of halogens is 1. The van der Waals surface area contributed by atoms with E-state index in [0.717, 1.165) is 44.5 Å². The molecule has 0 N–H and O–H groups in total. The molecule has 0 saturated carbocycles. The lowest BCUT2D eigenvalue weighted by Crippen LogP contribution is -2.52. The molecule has 0 aromatic heterocycles. The summed E-state index contributed by atoms with van der Waals surface area (Å²) in [6.45, 7) is 3.52. The number of piperidine rings is 2. The standard InChI is InChI=1S/C21H29FN2O3/c1-27-15-14-24-16-21(9-8-20(24)26)10-12-23(13-11-21)19(25)7-4-17-2-5-18(22)6-3-17/h2-3,5-6H,4,7-16H2,1H3. The van der Waals surface area contributed by atoms with E-state index in [-0.39, 0.29) is 23.0 Å². The summed E-state index contributed by atoms with van der Waals surface area (Å²) in [4.78, 5) is 28.5. The van der Waals surface area contributed by atoms with Crippen LogP contribution < -0.4 is 0 Å². The first-order valence-corrected chi connectivity index (χ1v) is 9.80. The Morgan fingerprint density at radius 2 is 1.89 bits per heavy atom. The van der Waals surface area contributed by atoms with Gasteiger partial charge in [0, 0.05) is 46.1 Å². The lowest BCUT2D eigenvalue weighted by Gasteiger charge is -2.47. The second-order valence-corrected chi connectivity index (χ2v) is 7.82. The lowest BCUT2D eigenvalue weighted by atomic mass is 9.72. The zero-order valence-electron chi connectivity index (χ0n) is 16.1. The Kier molecular flexibility index (Phi) is 6.47. The molecule has 6 heteroatoms. The van der Waals surface area contributed by atoms with Gasteiger partial charge < -0.3 is 14.5 Å². The van der Waals surface area contributed by atoms with Crippen molar-refractivity contribution in [2.24, 2.45) is 5.41 Å². The van der Waals surface area contributed by atoms with Crippen LogP contribution in [-0.4, -0.2) is 61.5 Å². The maximum absolute atomic E-state index is 13.0. The molecule has 0 bridgehead atoms. The summed E-state index contributed by atoms with van der Waals surface area (Å²) in [5, 5.41) is 0. The normalized spacial score (nSPS) is 19.6. The maximum Gasteiger partial charge on any atom is 0.222 e. The molecule has 27 heavy (non-hydrogen) atoms. The van der Waals surface area contributed by atoms with Gasteiger partial charge in [0.2, 0.25) is 11.8 Å². The van der Waals surface area contributed by atoms with Gasteiger partial charge in [-0.05, 0) is 48.8 Å². The van der Waals surface area contributed by atoms with Gasteiger partial charge in [0.05, 0.1) is 6.61 Å². The summed E-state index contributed by atoms with van der Waals surface area (Å²) in [7, 11) is 1.65. The van der Waals surface area contributed by atoms with Gasteiger partial charge in [0.15, 0.2) is 0 Å². The van der Waals surface area contributed by atoms with E-state index in [1.165, 1.54) is 12.1 Å². The van der Waals surface area contributed by atoms with Crippen molar-refractivity contribution in [3.63, 3.8) is 0 Å². The van der Waals surface area contributed by atoms with E-state index >= 15 is 0 Å². The highest BCUT2D eigenvalue weighted by Crippen LogP contribution is 2.40. The third kappa shape index (κ3) is 5.06. The van der Waals surface area contributed by atoms with Crippen LogP contribution in [0.4, 0.5) is 4.39 Å². The van der Waals surface area contributed by atoms with Crippen LogP contribution in [0.2, 0.25) is 0 Å². The minimum atomic E-state index is -0.253. The van der Waals surface area contributed by atoms with Crippen LogP contribution in [0.1, 0.15) is 37.7 Å². The molecule has 2 fully saturated rings. The van der Waals surface area contributed by atoms with Gasteiger partial charge in [-0.2, -0.15) is 0 Å². The van der Waals surface area contributed by atoms with Crippen LogP contribution in [0.5, 0.6) is 0 Å². The summed E-state index contributed by atoms with van der Waals surface area (Å²) < 4.78 is 18.1. The van der Waals surface area contributed by atoms with Gasteiger partial charge in [-0.25, -0.2) is 4.39 Å². The predicted octanol–water partition coefficient (Wildman–Crippen LogP) is 2.64. The lowest BCUT2D eigenvalue weighted by molar-refractivity contribution is -0.143. The molecule has 2 heterocycles. The molecule has 0 aliphatic carbocycles. The molecular formula is C21H29FN2O3. The van der Waals surface area contributed by atoms with Gasteiger partial charge >= 0.3 is 0 Å². The number of likely N-dealkylation sites (tertiary alicyclic amines) is 2. The topological polar surface area (TPSA) is 49.9 Å². The largest absolute Gasteiger partial charge is 0.383 e. The molecule has 0 radical (unpaired) electrons. The van der Waals surface area contributed by atoms with Gasteiger partial charge in [-0.15, -0.1) is 0 Å². The van der Waals surface area contributed by atoms with Crippen molar-refractivity contribution in [3.8, 4) is 0 Å². The number of nitrogens with zero attached hydrogens (tertiary/aromatic N) is 2. The fraction of sp³-hybridized carbons (Fsp3) is 0.619. The number of hydrogen-bond donors (Lipinski definition) is 0. The Bertz CT molecular complexity index is 654. The Morgan fingerprint density at radius 1 is 1.19 bits per heavy atom. The second kappa shape index (κ2) is 8.83. The molecule has 2 aliphatic heterocycles. The Labute approximate surface area is 160 Å². The van der Waals surface area contributed by atoms with E-state index in [9.17, 15) is 14.0 Å². The highest BCUT2D eigenvalue weighted by molar-refractivity contribution is 5.78. The molecular weight excluding hydrogens is 347 g/mol. The molecule has 1 spiro atoms. The Balaban J connectivity index is 1.48. The van der Waals surface area contributed by atoms with Gasteiger partial charge in [-0.3, -0.25) is 9.59 Å². The van der Waals surface area contributed by atoms with Crippen molar-refractivity contribution in [1.82, 2.24) is 9.80 Å². The average molecular weight is 376 g/mol. The molecule has 2 aliphatic rings. The van der Waals surface area contributed by atoms with Gasteiger partial charge in [0.25, 0.3) is 0 Å². The zero-order valence-corrected chi connectivity index (χ0v) is 16.1. The first kappa shape index (κ1) is 19.8. The summed E-state index contributed by atoms with van der Waals surface area (Å²) in [6, 6.07) is 6.34. The summed E-state index contributed by atoms with van der Waals surface area (Å²) in [5.74, 6) is 0.129. The van der Waals surface area contributed by atoms with Crippen LogP contribution in [0.3, 0.4) is 0 Å². The van der Waals surface area contributed by atoms with Gasteiger partial charge in [-0.1, -0.05) is 12.1 Å². The number of methoxy groups -OCH3 is 1. The van der Waals surface area contributed by atoms with Gasteiger partial charge in [0.1, 0.15) is 5.82 Å². The highest BCUT2D eigenvalue weighted by Gasteiger charge is 2.41. The van der Waals surface area contributed by atoms with Crippen LogP contribution in [-0.2, 0) is 20.7 Å². The molecule has 1 aromatic rings. The molecule has 3 rings (SSSR count). The van der Waals surface area contributed by atoms with Crippen molar-refractivity contribution in [3.05, 3.63) is 35.6 Å². The number of amides is 2. The predicted molar refractivity (Wildman–Crippen MR) is 101 cm³/mol. The van der Waals surface area contributed by atoms with Crippen LogP contribution in [0, 0.1) is 11.2 Å². The van der Waals surface area contributed by atoms with E-state index < -0.39 is 0 Å². The molecule has 148 valence electrons. The molecule has 0 unspecified atom stereocenters. The number of ether oxygens (including phenoxy) is 1. The van der Waals surface area contributed by atoms with Crippen molar-refractivity contribution < 1.29 is 18.7 Å². The number of rotatable bonds is 6. The zero-order chi connectivity index (χ0) is 19.3. The Hall–Kier alpha value is -1.95. The second-order valence-electron chi connectivity index (χ2n) is 7.82.